The van der Waals surface area contributed by atoms with Gasteiger partial charge >= 0.3 is 0 Å². The van der Waals surface area contributed by atoms with Gasteiger partial charge in [-0.3, -0.25) is 0 Å². The lowest BCUT2D eigenvalue weighted by Gasteiger charge is -2.33. The van der Waals surface area contributed by atoms with Gasteiger partial charge in [-0.05, 0) is 48.9 Å². The molecule has 0 amide bonds. The summed E-state index contributed by atoms with van der Waals surface area (Å²) in [6.07, 6.45) is 4.99. The summed E-state index contributed by atoms with van der Waals surface area (Å²) < 4.78 is 0. The maximum Gasteiger partial charge on any atom is 0.0897 e. The van der Waals surface area contributed by atoms with E-state index in [4.69, 9.17) is 5.11 Å². The van der Waals surface area contributed by atoms with Crippen molar-refractivity contribution in [3.63, 3.8) is 0 Å². The molecule has 1 atom stereocenters. The number of aryl methyl sites for hydroxylation is 2. The average molecular weight is 320 g/mol. The number of piperidine rings is 1. The maximum absolute atomic E-state index is 9.53. The van der Waals surface area contributed by atoms with Gasteiger partial charge in [-0.15, -0.1) is 0 Å². The third-order valence-electron chi connectivity index (χ3n) is 4.74. The Kier molecular flexibility index (Phi) is 7.34. The number of aliphatic hydroxyl groups is 2. The molecule has 0 radical (unpaired) electrons. The van der Waals surface area contributed by atoms with Gasteiger partial charge in [0.2, 0.25) is 0 Å². The molecule has 4 heteroatoms. The van der Waals surface area contributed by atoms with Crippen LogP contribution in [0.1, 0.15) is 44.2 Å². The fourth-order valence-electron chi connectivity index (χ4n) is 3.41. The van der Waals surface area contributed by atoms with Gasteiger partial charge in [-0.1, -0.05) is 26.3 Å². The molecule has 1 heterocycles. The summed E-state index contributed by atoms with van der Waals surface area (Å²) in [5.41, 5.74) is 4.17. The van der Waals surface area contributed by atoms with Crippen LogP contribution < -0.4 is 5.32 Å². The summed E-state index contributed by atoms with van der Waals surface area (Å²) in [5.74, 6) is 0. The number of hydrogen-bond donors (Lipinski definition) is 3. The minimum atomic E-state index is -0.613. The maximum atomic E-state index is 9.53. The number of anilines is 1. The van der Waals surface area contributed by atoms with Crippen LogP contribution in [0.15, 0.2) is 18.2 Å². The molecule has 130 valence electrons. The Bertz CT molecular complexity index is 470. The number of β-amino-alcohol motifs (C(OH)–C–C–N with tert-alkyl or cyclic N) is 1. The minimum Gasteiger partial charge on any atom is -0.394 e. The van der Waals surface area contributed by atoms with Crippen LogP contribution >= 0.6 is 0 Å². The number of nitrogens with zero attached hydrogens (tertiary/aromatic N) is 1. The first kappa shape index (κ1) is 18.2. The minimum absolute atomic E-state index is 0.151. The standard InChI is InChI=1S/C19H32N2O2/c1-3-5-16-6-7-18(12-15(16)4-2)20-17-8-10-21(11-9-17)13-19(23)14-22/h6-7,12,17,19-20,22-23H,3-5,8-11,13-14H2,1-2H3. The van der Waals surface area contributed by atoms with Crippen LogP contribution in [0.4, 0.5) is 5.69 Å². The molecule has 3 N–H and O–H groups in total. The molecule has 0 bridgehead atoms. The van der Waals surface area contributed by atoms with Gasteiger partial charge in [-0.25, -0.2) is 0 Å². The molecule has 0 aliphatic carbocycles. The third-order valence-corrected chi connectivity index (χ3v) is 4.74. The lowest BCUT2D eigenvalue weighted by molar-refractivity contribution is 0.0522. The highest BCUT2D eigenvalue weighted by atomic mass is 16.3. The highest BCUT2D eigenvalue weighted by Crippen LogP contribution is 2.21. The topological polar surface area (TPSA) is 55.7 Å². The molecule has 0 aromatic heterocycles. The molecule has 0 spiro atoms. The molecular weight excluding hydrogens is 288 g/mol. The summed E-state index contributed by atoms with van der Waals surface area (Å²) in [5, 5.41) is 22.1. The summed E-state index contributed by atoms with van der Waals surface area (Å²) in [6, 6.07) is 7.30. The van der Waals surface area contributed by atoms with Gasteiger partial charge in [0.25, 0.3) is 0 Å². The molecule has 1 aliphatic rings. The van der Waals surface area contributed by atoms with Crippen molar-refractivity contribution < 1.29 is 10.2 Å². The van der Waals surface area contributed by atoms with Crippen molar-refractivity contribution in [1.82, 2.24) is 4.90 Å². The Labute approximate surface area is 140 Å². The fraction of sp³-hybridized carbons (Fsp3) is 0.684. The molecule has 1 saturated heterocycles. The molecule has 4 nitrogen and oxygen atoms in total. The second kappa shape index (κ2) is 9.26. The second-order valence-electron chi connectivity index (χ2n) is 6.64. The number of hydrogen-bond acceptors (Lipinski definition) is 4. The van der Waals surface area contributed by atoms with E-state index >= 15 is 0 Å². The van der Waals surface area contributed by atoms with E-state index in [1.807, 2.05) is 0 Å². The van der Waals surface area contributed by atoms with Crippen LogP contribution in [0.5, 0.6) is 0 Å². The monoisotopic (exact) mass is 320 g/mol. The van der Waals surface area contributed by atoms with Crippen LogP contribution in [-0.4, -0.2) is 53.5 Å². The van der Waals surface area contributed by atoms with Crippen molar-refractivity contribution in [2.45, 2.75) is 58.1 Å². The van der Waals surface area contributed by atoms with E-state index in [2.05, 4.69) is 42.3 Å². The predicted octanol–water partition coefficient (Wildman–Crippen LogP) is 2.43. The van der Waals surface area contributed by atoms with Crippen molar-refractivity contribution in [3.05, 3.63) is 29.3 Å². The number of benzene rings is 1. The van der Waals surface area contributed by atoms with Gasteiger partial charge in [0.15, 0.2) is 0 Å². The highest BCUT2D eigenvalue weighted by molar-refractivity contribution is 5.49. The largest absolute Gasteiger partial charge is 0.394 e. The number of likely N-dealkylation sites (tertiary alicyclic amines) is 1. The van der Waals surface area contributed by atoms with Crippen molar-refractivity contribution >= 4 is 5.69 Å². The van der Waals surface area contributed by atoms with Crippen LogP contribution in [0, 0.1) is 0 Å². The summed E-state index contributed by atoms with van der Waals surface area (Å²) in [7, 11) is 0. The lowest BCUT2D eigenvalue weighted by atomic mass is 9.99. The van der Waals surface area contributed by atoms with E-state index < -0.39 is 6.10 Å². The predicted molar refractivity (Wildman–Crippen MR) is 96.0 cm³/mol. The van der Waals surface area contributed by atoms with Gasteiger partial charge in [0.1, 0.15) is 0 Å². The van der Waals surface area contributed by atoms with Crippen molar-refractivity contribution in [3.8, 4) is 0 Å². The summed E-state index contributed by atoms with van der Waals surface area (Å²) in [6.45, 7) is 6.83. The Balaban J connectivity index is 1.86. The summed E-state index contributed by atoms with van der Waals surface area (Å²) >= 11 is 0. The normalized spacial score (nSPS) is 18.1. The van der Waals surface area contributed by atoms with Crippen LogP contribution in [0.25, 0.3) is 0 Å². The third kappa shape index (κ3) is 5.48. The average Bonchev–Trinajstić information content (AvgIpc) is 2.58. The zero-order valence-corrected chi connectivity index (χ0v) is 14.6. The first-order valence-electron chi connectivity index (χ1n) is 9.05. The van der Waals surface area contributed by atoms with E-state index in [9.17, 15) is 5.11 Å². The van der Waals surface area contributed by atoms with Gasteiger partial charge in [0, 0.05) is 31.4 Å². The first-order valence-corrected chi connectivity index (χ1v) is 9.05. The molecule has 1 unspecified atom stereocenters. The molecule has 2 rings (SSSR count). The second-order valence-corrected chi connectivity index (χ2v) is 6.64. The van der Waals surface area contributed by atoms with Gasteiger partial charge in [-0.2, -0.15) is 0 Å². The van der Waals surface area contributed by atoms with E-state index in [1.54, 1.807) is 0 Å². The van der Waals surface area contributed by atoms with Crippen molar-refractivity contribution in [2.75, 3.05) is 31.6 Å². The van der Waals surface area contributed by atoms with Gasteiger partial charge in [0.05, 0.1) is 12.7 Å². The Hall–Kier alpha value is -1.10. The zero-order valence-electron chi connectivity index (χ0n) is 14.6. The van der Waals surface area contributed by atoms with E-state index in [0.29, 0.717) is 12.6 Å². The Morgan fingerprint density at radius 2 is 1.96 bits per heavy atom. The van der Waals surface area contributed by atoms with Crippen LogP contribution in [0.2, 0.25) is 0 Å². The Morgan fingerprint density at radius 1 is 1.22 bits per heavy atom. The molecule has 1 fully saturated rings. The van der Waals surface area contributed by atoms with Crippen molar-refractivity contribution in [2.24, 2.45) is 0 Å². The Morgan fingerprint density at radius 3 is 2.57 bits per heavy atom. The molecule has 1 aliphatic heterocycles. The first-order chi connectivity index (χ1) is 11.2. The fourth-order valence-corrected chi connectivity index (χ4v) is 3.41. The smallest absolute Gasteiger partial charge is 0.0897 e. The molecule has 0 saturated carbocycles. The molecule has 1 aromatic rings. The van der Waals surface area contributed by atoms with Crippen LogP contribution in [-0.2, 0) is 12.8 Å². The van der Waals surface area contributed by atoms with E-state index in [-0.39, 0.29) is 6.61 Å². The highest BCUT2D eigenvalue weighted by Gasteiger charge is 2.20. The van der Waals surface area contributed by atoms with Crippen LogP contribution in [0.3, 0.4) is 0 Å². The number of nitrogens with one attached hydrogen (secondary N) is 1. The SMILES string of the molecule is CCCc1ccc(NC2CCN(CC(O)CO)CC2)cc1CC. The lowest BCUT2D eigenvalue weighted by Crippen LogP contribution is -2.43. The molecule has 23 heavy (non-hydrogen) atoms. The molecular formula is C19H32N2O2. The zero-order chi connectivity index (χ0) is 16.7. The summed E-state index contributed by atoms with van der Waals surface area (Å²) in [4.78, 5) is 2.24. The van der Waals surface area contributed by atoms with Crippen molar-refractivity contribution in [1.29, 1.82) is 0 Å². The van der Waals surface area contributed by atoms with E-state index in [1.165, 1.54) is 23.2 Å². The van der Waals surface area contributed by atoms with Gasteiger partial charge < -0.3 is 20.4 Å². The number of rotatable bonds is 8. The van der Waals surface area contributed by atoms with E-state index in [0.717, 1.165) is 38.8 Å². The quantitative estimate of drug-likeness (QED) is 0.688. The molecule has 1 aromatic carbocycles. The number of aliphatic hydroxyl groups excluding tert-OH is 2.